The van der Waals surface area contributed by atoms with E-state index in [1.54, 1.807) is 0 Å². The van der Waals surface area contributed by atoms with E-state index in [2.05, 4.69) is 30.9 Å². The van der Waals surface area contributed by atoms with Crippen LogP contribution in [0.2, 0.25) is 0 Å². The molecule has 0 bridgehead atoms. The molecule has 1 aromatic carbocycles. The van der Waals surface area contributed by atoms with Crippen molar-refractivity contribution >= 4 is 0 Å². The largest absolute Gasteiger partial charge is 0.299 e. The van der Waals surface area contributed by atoms with Gasteiger partial charge in [0, 0.05) is 6.54 Å². The lowest BCUT2D eigenvalue weighted by Gasteiger charge is -2.36. The molecule has 0 atom stereocenters. The number of nitriles is 1. The van der Waals surface area contributed by atoms with Gasteiger partial charge in [-0.1, -0.05) is 26.0 Å². The van der Waals surface area contributed by atoms with Gasteiger partial charge in [0.1, 0.15) is 0 Å². The van der Waals surface area contributed by atoms with E-state index in [1.807, 2.05) is 18.2 Å². The Morgan fingerprint density at radius 2 is 2.00 bits per heavy atom. The third kappa shape index (κ3) is 3.31. The molecule has 0 saturated carbocycles. The van der Waals surface area contributed by atoms with Crippen LogP contribution in [0.25, 0.3) is 0 Å². The van der Waals surface area contributed by atoms with Gasteiger partial charge in [-0.15, -0.1) is 0 Å². The molecule has 2 nitrogen and oxygen atoms in total. The first-order valence-electron chi connectivity index (χ1n) is 6.30. The summed E-state index contributed by atoms with van der Waals surface area (Å²) in [6, 6.07) is 10.1. The first kappa shape index (κ1) is 12.1. The number of hydrogen-bond acceptors (Lipinski definition) is 2. The highest BCUT2D eigenvalue weighted by Gasteiger charge is 2.25. The fraction of sp³-hybridized carbons (Fsp3) is 0.533. The highest BCUT2D eigenvalue weighted by molar-refractivity contribution is 5.32. The maximum atomic E-state index is 8.87. The highest BCUT2D eigenvalue weighted by Crippen LogP contribution is 2.30. The third-order valence-electron chi connectivity index (χ3n) is 3.67. The van der Waals surface area contributed by atoms with Crippen LogP contribution in [0.5, 0.6) is 0 Å². The standard InChI is InChI=1S/C15H20N2/c1-15(2)6-8-17(9-7-15)12-14-5-3-4-13(10-14)11-16/h3-5,10H,6-9,12H2,1-2H3. The van der Waals surface area contributed by atoms with Crippen LogP contribution in [-0.4, -0.2) is 18.0 Å². The minimum absolute atomic E-state index is 0.505. The first-order chi connectivity index (χ1) is 8.09. The molecule has 17 heavy (non-hydrogen) atoms. The Hall–Kier alpha value is -1.33. The van der Waals surface area contributed by atoms with E-state index in [1.165, 1.54) is 31.5 Å². The molecule has 2 rings (SSSR count). The predicted octanol–water partition coefficient (Wildman–Crippen LogP) is 3.18. The van der Waals surface area contributed by atoms with Crippen molar-refractivity contribution in [1.82, 2.24) is 4.90 Å². The number of nitrogens with zero attached hydrogens (tertiary/aromatic N) is 2. The van der Waals surface area contributed by atoms with Crippen molar-refractivity contribution in [2.75, 3.05) is 13.1 Å². The molecule has 1 saturated heterocycles. The van der Waals surface area contributed by atoms with Gasteiger partial charge >= 0.3 is 0 Å². The van der Waals surface area contributed by atoms with Crippen LogP contribution in [0.3, 0.4) is 0 Å². The maximum Gasteiger partial charge on any atom is 0.0991 e. The summed E-state index contributed by atoms with van der Waals surface area (Å²) in [7, 11) is 0. The Kier molecular flexibility index (Phi) is 3.49. The summed E-state index contributed by atoms with van der Waals surface area (Å²) in [5.41, 5.74) is 2.52. The Balaban J connectivity index is 1.96. The van der Waals surface area contributed by atoms with E-state index in [9.17, 15) is 0 Å². The summed E-state index contributed by atoms with van der Waals surface area (Å²) in [6.45, 7) is 8.01. The van der Waals surface area contributed by atoms with Crippen molar-refractivity contribution in [2.24, 2.45) is 5.41 Å². The molecule has 1 heterocycles. The topological polar surface area (TPSA) is 27.0 Å². The van der Waals surface area contributed by atoms with E-state index < -0.39 is 0 Å². The van der Waals surface area contributed by atoms with Crippen LogP contribution in [0.4, 0.5) is 0 Å². The number of rotatable bonds is 2. The fourth-order valence-corrected chi connectivity index (χ4v) is 2.31. The van der Waals surface area contributed by atoms with Crippen LogP contribution in [0, 0.1) is 16.7 Å². The summed E-state index contributed by atoms with van der Waals surface area (Å²) in [5, 5.41) is 8.87. The Labute approximate surface area is 104 Å². The molecule has 0 aliphatic carbocycles. The lowest BCUT2D eigenvalue weighted by atomic mass is 9.82. The van der Waals surface area contributed by atoms with Gasteiger partial charge in [0.25, 0.3) is 0 Å². The highest BCUT2D eigenvalue weighted by atomic mass is 15.1. The summed E-state index contributed by atoms with van der Waals surface area (Å²) in [6.07, 6.45) is 2.54. The summed E-state index contributed by atoms with van der Waals surface area (Å²) < 4.78 is 0. The van der Waals surface area contributed by atoms with Gasteiger partial charge in [0.2, 0.25) is 0 Å². The predicted molar refractivity (Wildman–Crippen MR) is 69.4 cm³/mol. The van der Waals surface area contributed by atoms with Gasteiger partial charge in [0.15, 0.2) is 0 Å². The van der Waals surface area contributed by atoms with Crippen LogP contribution >= 0.6 is 0 Å². The van der Waals surface area contributed by atoms with Crippen molar-refractivity contribution in [2.45, 2.75) is 33.2 Å². The molecule has 0 spiro atoms. The quantitative estimate of drug-likeness (QED) is 0.777. The average Bonchev–Trinajstić information content (AvgIpc) is 2.32. The monoisotopic (exact) mass is 228 g/mol. The fourth-order valence-electron chi connectivity index (χ4n) is 2.31. The Morgan fingerprint density at radius 3 is 2.65 bits per heavy atom. The Bertz CT molecular complexity index is 419. The van der Waals surface area contributed by atoms with Crippen LogP contribution in [0.1, 0.15) is 37.8 Å². The zero-order valence-corrected chi connectivity index (χ0v) is 10.7. The van der Waals surface area contributed by atoms with Crippen LogP contribution in [-0.2, 0) is 6.54 Å². The van der Waals surface area contributed by atoms with Gasteiger partial charge in [-0.3, -0.25) is 4.90 Å². The van der Waals surface area contributed by atoms with Crippen molar-refractivity contribution in [3.63, 3.8) is 0 Å². The van der Waals surface area contributed by atoms with Crippen molar-refractivity contribution in [1.29, 1.82) is 5.26 Å². The van der Waals surface area contributed by atoms with Gasteiger partial charge in [-0.25, -0.2) is 0 Å². The van der Waals surface area contributed by atoms with Gasteiger partial charge < -0.3 is 0 Å². The molecule has 0 radical (unpaired) electrons. The Morgan fingerprint density at radius 1 is 1.29 bits per heavy atom. The van der Waals surface area contributed by atoms with Crippen molar-refractivity contribution in [3.8, 4) is 6.07 Å². The minimum Gasteiger partial charge on any atom is -0.299 e. The zero-order chi connectivity index (χ0) is 12.3. The van der Waals surface area contributed by atoms with Crippen LogP contribution in [0.15, 0.2) is 24.3 Å². The normalized spacial score (nSPS) is 19.8. The molecule has 0 amide bonds. The second kappa shape index (κ2) is 4.89. The molecule has 1 aliphatic heterocycles. The molecule has 1 aliphatic rings. The molecular formula is C15H20N2. The minimum atomic E-state index is 0.505. The molecular weight excluding hydrogens is 208 g/mol. The maximum absolute atomic E-state index is 8.87. The molecule has 90 valence electrons. The SMILES string of the molecule is CC1(C)CCN(Cc2cccc(C#N)c2)CC1. The van der Waals surface area contributed by atoms with Crippen molar-refractivity contribution < 1.29 is 0 Å². The van der Waals surface area contributed by atoms with E-state index in [0.29, 0.717) is 5.41 Å². The molecule has 0 N–H and O–H groups in total. The summed E-state index contributed by atoms with van der Waals surface area (Å²) in [5.74, 6) is 0. The van der Waals surface area contributed by atoms with E-state index in [0.717, 1.165) is 12.1 Å². The summed E-state index contributed by atoms with van der Waals surface area (Å²) in [4.78, 5) is 2.49. The summed E-state index contributed by atoms with van der Waals surface area (Å²) >= 11 is 0. The van der Waals surface area contributed by atoms with Gasteiger partial charge in [-0.05, 0) is 49.0 Å². The lowest BCUT2D eigenvalue weighted by Crippen LogP contribution is -2.36. The van der Waals surface area contributed by atoms with Crippen LogP contribution < -0.4 is 0 Å². The number of likely N-dealkylation sites (tertiary alicyclic amines) is 1. The molecule has 1 aromatic rings. The number of piperidine rings is 1. The van der Waals surface area contributed by atoms with E-state index >= 15 is 0 Å². The van der Waals surface area contributed by atoms with Crippen molar-refractivity contribution in [3.05, 3.63) is 35.4 Å². The molecule has 0 aromatic heterocycles. The first-order valence-corrected chi connectivity index (χ1v) is 6.30. The second-order valence-corrected chi connectivity index (χ2v) is 5.75. The smallest absolute Gasteiger partial charge is 0.0991 e. The lowest BCUT2D eigenvalue weighted by molar-refractivity contribution is 0.127. The average molecular weight is 228 g/mol. The molecule has 1 fully saturated rings. The van der Waals surface area contributed by atoms with E-state index in [-0.39, 0.29) is 0 Å². The third-order valence-corrected chi connectivity index (χ3v) is 3.67. The number of hydrogen-bond donors (Lipinski definition) is 0. The zero-order valence-electron chi connectivity index (χ0n) is 10.7. The van der Waals surface area contributed by atoms with Gasteiger partial charge in [0.05, 0.1) is 11.6 Å². The van der Waals surface area contributed by atoms with Gasteiger partial charge in [-0.2, -0.15) is 5.26 Å². The molecule has 0 unspecified atom stereocenters. The molecule has 2 heteroatoms. The van der Waals surface area contributed by atoms with E-state index in [4.69, 9.17) is 5.26 Å². The number of benzene rings is 1. The second-order valence-electron chi connectivity index (χ2n) is 5.75.